The van der Waals surface area contributed by atoms with E-state index < -0.39 is 0 Å². The first-order chi connectivity index (χ1) is 14.7. The summed E-state index contributed by atoms with van der Waals surface area (Å²) in [6.45, 7) is 10.5. The molecule has 172 valence electrons. The van der Waals surface area contributed by atoms with E-state index in [9.17, 15) is 0 Å². The highest BCUT2D eigenvalue weighted by atomic mass is 127. The standard InChI is InChI=1S/C24H35N3O3.HI/c1-5-25-24(26-16-20-9-7-8-10-22(20)18-28-4)27-17-21-12-11-19(3)15-23(21)30-14-13-29-6-2;/h7-12,15H,5-6,13-14,16-18H2,1-4H3,(H2,25,26,27);1H. The monoisotopic (exact) mass is 541 g/mol. The van der Waals surface area contributed by atoms with Crippen LogP contribution < -0.4 is 15.4 Å². The average Bonchev–Trinajstić information content (AvgIpc) is 2.75. The number of aryl methyl sites for hydroxylation is 1. The smallest absolute Gasteiger partial charge is 0.191 e. The van der Waals surface area contributed by atoms with Gasteiger partial charge in [0.25, 0.3) is 0 Å². The Morgan fingerprint density at radius 2 is 1.74 bits per heavy atom. The average molecular weight is 541 g/mol. The molecular formula is C24H36IN3O3. The van der Waals surface area contributed by atoms with Gasteiger partial charge in [0.2, 0.25) is 0 Å². The van der Waals surface area contributed by atoms with Gasteiger partial charge < -0.3 is 24.8 Å². The van der Waals surface area contributed by atoms with Crippen LogP contribution in [0.2, 0.25) is 0 Å². The molecule has 0 saturated heterocycles. The lowest BCUT2D eigenvalue weighted by atomic mass is 10.1. The van der Waals surface area contributed by atoms with E-state index in [0.717, 1.165) is 29.4 Å². The highest BCUT2D eigenvalue weighted by Gasteiger charge is 2.07. The van der Waals surface area contributed by atoms with Crippen LogP contribution in [0, 0.1) is 6.92 Å². The van der Waals surface area contributed by atoms with Crippen LogP contribution in [0.25, 0.3) is 0 Å². The van der Waals surface area contributed by atoms with Crippen LogP contribution >= 0.6 is 24.0 Å². The van der Waals surface area contributed by atoms with E-state index in [-0.39, 0.29) is 24.0 Å². The number of nitrogens with zero attached hydrogens (tertiary/aromatic N) is 1. The number of guanidine groups is 1. The molecule has 0 radical (unpaired) electrons. The fourth-order valence-electron chi connectivity index (χ4n) is 2.99. The Balaban J connectivity index is 0.00000480. The van der Waals surface area contributed by atoms with Crippen molar-refractivity contribution in [2.24, 2.45) is 4.99 Å². The molecule has 2 aromatic carbocycles. The summed E-state index contributed by atoms with van der Waals surface area (Å²) in [6.07, 6.45) is 0. The van der Waals surface area contributed by atoms with E-state index in [2.05, 4.69) is 54.8 Å². The molecule has 0 aliphatic rings. The van der Waals surface area contributed by atoms with Gasteiger partial charge in [-0.15, -0.1) is 24.0 Å². The lowest BCUT2D eigenvalue weighted by molar-refractivity contribution is 0.110. The molecule has 2 N–H and O–H groups in total. The van der Waals surface area contributed by atoms with Gasteiger partial charge in [0, 0.05) is 32.4 Å². The van der Waals surface area contributed by atoms with E-state index in [1.165, 1.54) is 11.1 Å². The van der Waals surface area contributed by atoms with Crippen molar-refractivity contribution in [2.75, 3.05) is 33.5 Å². The lowest BCUT2D eigenvalue weighted by Crippen LogP contribution is -2.37. The Morgan fingerprint density at radius 1 is 0.968 bits per heavy atom. The molecule has 0 atom stereocenters. The number of halogens is 1. The molecule has 2 rings (SSSR count). The zero-order valence-electron chi connectivity index (χ0n) is 19.1. The van der Waals surface area contributed by atoms with Gasteiger partial charge in [0.15, 0.2) is 5.96 Å². The van der Waals surface area contributed by atoms with Crippen molar-refractivity contribution < 1.29 is 14.2 Å². The van der Waals surface area contributed by atoms with Crippen molar-refractivity contribution in [2.45, 2.75) is 40.5 Å². The predicted octanol–water partition coefficient (Wildman–Crippen LogP) is 4.43. The first-order valence-electron chi connectivity index (χ1n) is 10.6. The maximum atomic E-state index is 5.94. The van der Waals surface area contributed by atoms with Crippen LogP contribution in [0.3, 0.4) is 0 Å². The van der Waals surface area contributed by atoms with E-state index in [0.29, 0.717) is 39.5 Å². The summed E-state index contributed by atoms with van der Waals surface area (Å²) in [7, 11) is 1.71. The third-order valence-corrected chi connectivity index (χ3v) is 4.53. The molecule has 0 aliphatic carbocycles. The number of rotatable bonds is 12. The third-order valence-electron chi connectivity index (χ3n) is 4.53. The second-order valence-electron chi connectivity index (χ2n) is 6.91. The van der Waals surface area contributed by atoms with E-state index >= 15 is 0 Å². The summed E-state index contributed by atoms with van der Waals surface area (Å²) in [5.74, 6) is 1.63. The largest absolute Gasteiger partial charge is 0.491 e. The second kappa shape index (κ2) is 15.9. The van der Waals surface area contributed by atoms with Gasteiger partial charge in [0.1, 0.15) is 12.4 Å². The normalized spacial score (nSPS) is 11.0. The fourth-order valence-corrected chi connectivity index (χ4v) is 2.99. The molecule has 0 aromatic heterocycles. The zero-order chi connectivity index (χ0) is 21.6. The number of nitrogens with one attached hydrogen (secondary N) is 2. The second-order valence-corrected chi connectivity index (χ2v) is 6.91. The van der Waals surface area contributed by atoms with Crippen molar-refractivity contribution in [1.29, 1.82) is 0 Å². The topological polar surface area (TPSA) is 64.1 Å². The molecule has 2 aromatic rings. The Morgan fingerprint density at radius 3 is 2.45 bits per heavy atom. The van der Waals surface area contributed by atoms with E-state index in [1.807, 2.05) is 19.1 Å². The summed E-state index contributed by atoms with van der Waals surface area (Å²) in [5.41, 5.74) is 4.58. The van der Waals surface area contributed by atoms with Crippen LogP contribution in [0.5, 0.6) is 5.75 Å². The summed E-state index contributed by atoms with van der Waals surface area (Å²) >= 11 is 0. The molecule has 31 heavy (non-hydrogen) atoms. The van der Waals surface area contributed by atoms with Gasteiger partial charge in [-0.2, -0.15) is 0 Å². The molecule has 0 amide bonds. The first kappa shape index (κ1) is 27.2. The van der Waals surface area contributed by atoms with Crippen LogP contribution in [-0.4, -0.2) is 39.4 Å². The summed E-state index contributed by atoms with van der Waals surface area (Å²) in [4.78, 5) is 4.76. The number of aliphatic imine (C=N–C) groups is 1. The van der Waals surface area contributed by atoms with Crippen molar-refractivity contribution in [1.82, 2.24) is 10.6 Å². The van der Waals surface area contributed by atoms with Gasteiger partial charge in [-0.25, -0.2) is 4.99 Å². The fraction of sp³-hybridized carbons (Fsp3) is 0.458. The molecular weight excluding hydrogens is 505 g/mol. The minimum Gasteiger partial charge on any atom is -0.491 e. The molecule has 0 fully saturated rings. The summed E-state index contributed by atoms with van der Waals surface area (Å²) in [6, 6.07) is 14.5. The zero-order valence-corrected chi connectivity index (χ0v) is 21.4. The van der Waals surface area contributed by atoms with Crippen molar-refractivity contribution in [3.63, 3.8) is 0 Å². The van der Waals surface area contributed by atoms with Crippen LogP contribution in [0.1, 0.15) is 36.1 Å². The Bertz CT molecular complexity index is 799. The Labute approximate surface area is 203 Å². The maximum absolute atomic E-state index is 5.94. The maximum Gasteiger partial charge on any atom is 0.191 e. The molecule has 6 nitrogen and oxygen atoms in total. The van der Waals surface area contributed by atoms with Gasteiger partial charge in [-0.05, 0) is 43.5 Å². The third kappa shape index (κ3) is 9.88. The Hall–Kier alpha value is -1.84. The van der Waals surface area contributed by atoms with Crippen LogP contribution in [0.4, 0.5) is 0 Å². The molecule has 0 aliphatic heterocycles. The molecule has 0 bridgehead atoms. The van der Waals surface area contributed by atoms with E-state index in [1.54, 1.807) is 7.11 Å². The van der Waals surface area contributed by atoms with Gasteiger partial charge in [0.05, 0.1) is 19.8 Å². The number of hydrogen-bond acceptors (Lipinski definition) is 4. The van der Waals surface area contributed by atoms with Crippen LogP contribution in [-0.2, 0) is 29.2 Å². The molecule has 0 heterocycles. The van der Waals surface area contributed by atoms with Crippen molar-refractivity contribution >= 4 is 29.9 Å². The summed E-state index contributed by atoms with van der Waals surface area (Å²) < 4.78 is 16.6. The van der Waals surface area contributed by atoms with Gasteiger partial charge >= 0.3 is 0 Å². The first-order valence-corrected chi connectivity index (χ1v) is 10.6. The minimum absolute atomic E-state index is 0. The summed E-state index contributed by atoms with van der Waals surface area (Å²) in [5, 5.41) is 6.73. The van der Waals surface area contributed by atoms with E-state index in [4.69, 9.17) is 19.2 Å². The quantitative estimate of drug-likeness (QED) is 0.180. The van der Waals surface area contributed by atoms with Crippen molar-refractivity contribution in [3.8, 4) is 5.75 Å². The van der Waals surface area contributed by atoms with Gasteiger partial charge in [-0.1, -0.05) is 36.4 Å². The number of methoxy groups -OCH3 is 1. The van der Waals surface area contributed by atoms with Crippen LogP contribution in [0.15, 0.2) is 47.5 Å². The van der Waals surface area contributed by atoms with Gasteiger partial charge in [-0.3, -0.25) is 0 Å². The lowest BCUT2D eigenvalue weighted by Gasteiger charge is -2.15. The number of ether oxygens (including phenoxy) is 3. The minimum atomic E-state index is 0. The molecule has 0 saturated carbocycles. The number of hydrogen-bond donors (Lipinski definition) is 2. The SMILES string of the molecule is CCNC(=NCc1ccc(C)cc1OCCOCC)NCc1ccccc1COC.I. The highest BCUT2D eigenvalue weighted by Crippen LogP contribution is 2.21. The molecule has 7 heteroatoms. The Kier molecular flexibility index (Phi) is 13.9. The molecule has 0 unspecified atom stereocenters. The number of benzene rings is 2. The predicted molar refractivity (Wildman–Crippen MR) is 137 cm³/mol. The highest BCUT2D eigenvalue weighted by molar-refractivity contribution is 14.0. The molecule has 0 spiro atoms. The van der Waals surface area contributed by atoms with Crippen molar-refractivity contribution in [3.05, 3.63) is 64.7 Å².